The smallest absolute Gasteiger partial charge is 0.256 e. The maximum Gasteiger partial charge on any atom is 0.256 e. The Morgan fingerprint density at radius 1 is 1.40 bits per heavy atom. The summed E-state index contributed by atoms with van der Waals surface area (Å²) in [5, 5.41) is 2.99. The number of ether oxygens (including phenoxy) is 1. The molecule has 1 aromatic carbocycles. The molecular formula is C15H16ClNO3. The van der Waals surface area contributed by atoms with Crippen LogP contribution in [0.4, 0.5) is 0 Å². The molecule has 1 amide bonds. The molecule has 0 aliphatic heterocycles. The molecular weight excluding hydrogens is 278 g/mol. The van der Waals surface area contributed by atoms with Gasteiger partial charge < -0.3 is 14.5 Å². The maximum absolute atomic E-state index is 12.0. The molecule has 1 N–H and O–H groups in total. The summed E-state index contributed by atoms with van der Waals surface area (Å²) in [7, 11) is 1.63. The number of methoxy groups -OCH3 is 1. The first kappa shape index (κ1) is 14.5. The molecule has 2 rings (SSSR count). The molecule has 0 saturated carbocycles. The number of hydrogen-bond acceptors (Lipinski definition) is 3. The average molecular weight is 294 g/mol. The van der Waals surface area contributed by atoms with E-state index in [9.17, 15) is 4.79 Å². The minimum atomic E-state index is -0.244. The van der Waals surface area contributed by atoms with Crippen molar-refractivity contribution in [3.05, 3.63) is 52.9 Å². The van der Waals surface area contributed by atoms with Crippen LogP contribution in [-0.2, 0) is 6.42 Å². The van der Waals surface area contributed by atoms with E-state index in [0.717, 1.165) is 11.3 Å². The Morgan fingerprint density at radius 2 is 2.15 bits per heavy atom. The lowest BCUT2D eigenvalue weighted by Crippen LogP contribution is -2.34. The molecule has 0 aliphatic rings. The van der Waals surface area contributed by atoms with E-state index in [1.54, 1.807) is 13.2 Å². The number of amides is 1. The Kier molecular flexibility index (Phi) is 4.69. The van der Waals surface area contributed by atoms with E-state index in [1.165, 1.54) is 6.26 Å². The Labute approximate surface area is 122 Å². The van der Waals surface area contributed by atoms with Crippen LogP contribution in [-0.4, -0.2) is 19.1 Å². The van der Waals surface area contributed by atoms with Gasteiger partial charge in [-0.1, -0.05) is 18.2 Å². The highest BCUT2D eigenvalue weighted by molar-refractivity contribution is 6.32. The lowest BCUT2D eigenvalue weighted by atomic mass is 10.1. The number of para-hydroxylation sites is 1. The van der Waals surface area contributed by atoms with Crippen molar-refractivity contribution in [2.45, 2.75) is 19.4 Å². The molecule has 0 fully saturated rings. The van der Waals surface area contributed by atoms with Gasteiger partial charge in [0, 0.05) is 6.04 Å². The predicted molar refractivity (Wildman–Crippen MR) is 77.3 cm³/mol. The van der Waals surface area contributed by atoms with Crippen LogP contribution in [0.3, 0.4) is 0 Å². The first-order valence-corrected chi connectivity index (χ1v) is 6.65. The fourth-order valence-corrected chi connectivity index (χ4v) is 2.21. The highest BCUT2D eigenvalue weighted by Crippen LogP contribution is 2.20. The number of carbonyl (C=O) groups is 1. The van der Waals surface area contributed by atoms with Crippen molar-refractivity contribution in [1.82, 2.24) is 5.32 Å². The summed E-state index contributed by atoms with van der Waals surface area (Å²) in [4.78, 5) is 12.0. The van der Waals surface area contributed by atoms with Crippen LogP contribution >= 0.6 is 11.6 Å². The van der Waals surface area contributed by atoms with Gasteiger partial charge in [0.05, 0.1) is 18.9 Å². The zero-order valence-corrected chi connectivity index (χ0v) is 12.1. The van der Waals surface area contributed by atoms with Crippen molar-refractivity contribution in [3.8, 4) is 5.75 Å². The summed E-state index contributed by atoms with van der Waals surface area (Å²) in [6, 6.07) is 9.23. The third-order valence-corrected chi connectivity index (χ3v) is 3.25. The molecule has 1 unspecified atom stereocenters. The molecule has 0 bridgehead atoms. The highest BCUT2D eigenvalue weighted by atomic mass is 35.5. The third kappa shape index (κ3) is 3.33. The van der Waals surface area contributed by atoms with E-state index >= 15 is 0 Å². The molecule has 5 heteroatoms. The second-order valence-electron chi connectivity index (χ2n) is 4.50. The molecule has 1 atom stereocenters. The number of nitrogens with one attached hydrogen (secondary N) is 1. The number of halogens is 1. The monoisotopic (exact) mass is 293 g/mol. The predicted octanol–water partition coefficient (Wildman–Crippen LogP) is 3.30. The lowest BCUT2D eigenvalue weighted by molar-refractivity contribution is 0.0939. The molecule has 0 radical (unpaired) electrons. The second kappa shape index (κ2) is 6.48. The van der Waals surface area contributed by atoms with Crippen LogP contribution < -0.4 is 10.1 Å². The van der Waals surface area contributed by atoms with Crippen LogP contribution in [0.5, 0.6) is 5.75 Å². The highest BCUT2D eigenvalue weighted by Gasteiger charge is 2.16. The van der Waals surface area contributed by atoms with E-state index in [2.05, 4.69) is 5.32 Å². The fraction of sp³-hybridized carbons (Fsp3) is 0.267. The van der Waals surface area contributed by atoms with Gasteiger partial charge >= 0.3 is 0 Å². The Hall–Kier alpha value is -1.94. The van der Waals surface area contributed by atoms with Crippen molar-refractivity contribution in [2.24, 2.45) is 0 Å². The van der Waals surface area contributed by atoms with Crippen LogP contribution in [0.2, 0.25) is 5.22 Å². The van der Waals surface area contributed by atoms with Crippen molar-refractivity contribution in [3.63, 3.8) is 0 Å². The van der Waals surface area contributed by atoms with Gasteiger partial charge in [0.25, 0.3) is 5.91 Å². The van der Waals surface area contributed by atoms with E-state index in [4.69, 9.17) is 20.8 Å². The van der Waals surface area contributed by atoms with Crippen molar-refractivity contribution in [2.75, 3.05) is 7.11 Å². The van der Waals surface area contributed by atoms with Gasteiger partial charge in [-0.15, -0.1) is 0 Å². The zero-order chi connectivity index (χ0) is 14.5. The van der Waals surface area contributed by atoms with E-state index in [-0.39, 0.29) is 17.2 Å². The maximum atomic E-state index is 12.0. The van der Waals surface area contributed by atoms with Crippen molar-refractivity contribution < 1.29 is 13.9 Å². The quantitative estimate of drug-likeness (QED) is 0.920. The number of rotatable bonds is 5. The van der Waals surface area contributed by atoms with Crippen LogP contribution in [0.25, 0.3) is 0 Å². The largest absolute Gasteiger partial charge is 0.496 e. The molecule has 106 valence electrons. The summed E-state index contributed by atoms with van der Waals surface area (Å²) in [6.07, 6.45) is 2.06. The molecule has 0 aliphatic carbocycles. The van der Waals surface area contributed by atoms with Crippen LogP contribution in [0, 0.1) is 0 Å². The summed E-state index contributed by atoms with van der Waals surface area (Å²) in [5.74, 6) is 0.570. The molecule has 20 heavy (non-hydrogen) atoms. The first-order valence-electron chi connectivity index (χ1n) is 6.27. The minimum Gasteiger partial charge on any atom is -0.496 e. The SMILES string of the molecule is COc1ccccc1CC(C)NC(=O)c1ccoc1Cl. The second-order valence-corrected chi connectivity index (χ2v) is 4.84. The van der Waals surface area contributed by atoms with Gasteiger partial charge in [-0.2, -0.15) is 0 Å². The average Bonchev–Trinajstić information content (AvgIpc) is 2.85. The van der Waals surface area contributed by atoms with E-state index in [0.29, 0.717) is 12.0 Å². The fourth-order valence-electron chi connectivity index (χ4n) is 2.01. The number of benzene rings is 1. The third-order valence-electron chi connectivity index (χ3n) is 2.96. The zero-order valence-electron chi connectivity index (χ0n) is 11.4. The van der Waals surface area contributed by atoms with Crippen LogP contribution in [0.15, 0.2) is 41.0 Å². The molecule has 0 saturated heterocycles. The van der Waals surface area contributed by atoms with E-state index < -0.39 is 0 Å². The Balaban J connectivity index is 2.01. The van der Waals surface area contributed by atoms with Gasteiger partial charge in [0.2, 0.25) is 5.22 Å². The van der Waals surface area contributed by atoms with Gasteiger partial charge in [-0.25, -0.2) is 0 Å². The normalized spacial score (nSPS) is 11.9. The molecule has 2 aromatic rings. The summed E-state index contributed by atoms with van der Waals surface area (Å²) >= 11 is 5.78. The van der Waals surface area contributed by atoms with Gasteiger partial charge in [0.15, 0.2) is 0 Å². The summed E-state index contributed by atoms with van der Waals surface area (Å²) in [5.41, 5.74) is 1.39. The summed E-state index contributed by atoms with van der Waals surface area (Å²) in [6.45, 7) is 1.93. The van der Waals surface area contributed by atoms with E-state index in [1.807, 2.05) is 31.2 Å². The van der Waals surface area contributed by atoms with Gasteiger partial charge in [0.1, 0.15) is 5.75 Å². The van der Waals surface area contributed by atoms with Crippen molar-refractivity contribution in [1.29, 1.82) is 0 Å². The lowest BCUT2D eigenvalue weighted by Gasteiger charge is -2.15. The molecule has 0 spiro atoms. The standard InChI is InChI=1S/C15H16ClNO3/c1-10(9-11-5-3-4-6-13(11)19-2)17-15(18)12-7-8-20-14(12)16/h3-8,10H,9H2,1-2H3,(H,17,18). The molecule has 1 heterocycles. The molecule has 1 aromatic heterocycles. The number of furan rings is 1. The van der Waals surface area contributed by atoms with Gasteiger partial charge in [-0.3, -0.25) is 4.79 Å². The number of hydrogen-bond donors (Lipinski definition) is 1. The first-order chi connectivity index (χ1) is 9.61. The van der Waals surface area contributed by atoms with Crippen LogP contribution in [0.1, 0.15) is 22.8 Å². The number of carbonyl (C=O) groups excluding carboxylic acids is 1. The minimum absolute atomic E-state index is 0.0511. The topological polar surface area (TPSA) is 51.5 Å². The Bertz CT molecular complexity index is 594. The van der Waals surface area contributed by atoms with Gasteiger partial charge in [-0.05, 0) is 42.6 Å². The summed E-state index contributed by atoms with van der Waals surface area (Å²) < 4.78 is 10.2. The van der Waals surface area contributed by atoms with Crippen molar-refractivity contribution >= 4 is 17.5 Å². The molecule has 4 nitrogen and oxygen atoms in total. The Morgan fingerprint density at radius 3 is 2.80 bits per heavy atom.